The van der Waals surface area contributed by atoms with Gasteiger partial charge in [0.1, 0.15) is 5.52 Å². The smallest absolute Gasteiger partial charge is 0.367 e. The van der Waals surface area contributed by atoms with Gasteiger partial charge < -0.3 is 10.2 Å². The SMILES string of the molecule is CC(C)(C)CC(=O)N[C@H]1C[C@@H](C(F)(F)F)CN(c2ccnc3nccnc23)C1. The van der Waals surface area contributed by atoms with Crippen molar-refractivity contribution in [3.8, 4) is 0 Å². The van der Waals surface area contributed by atoms with Crippen LogP contribution in [0.1, 0.15) is 33.6 Å². The number of aromatic nitrogens is 3. The molecule has 1 saturated heterocycles. The van der Waals surface area contributed by atoms with E-state index in [-0.39, 0.29) is 37.3 Å². The molecule has 152 valence electrons. The van der Waals surface area contributed by atoms with E-state index in [1.54, 1.807) is 11.0 Å². The third-order valence-electron chi connectivity index (χ3n) is 4.66. The van der Waals surface area contributed by atoms with Crippen molar-refractivity contribution in [3.63, 3.8) is 0 Å². The molecule has 6 nitrogen and oxygen atoms in total. The van der Waals surface area contributed by atoms with Crippen LogP contribution in [0.2, 0.25) is 0 Å². The highest BCUT2D eigenvalue weighted by Crippen LogP contribution is 2.36. The molecular weight excluding hydrogens is 371 g/mol. The Balaban J connectivity index is 1.87. The average Bonchev–Trinajstić information content (AvgIpc) is 2.58. The fourth-order valence-electron chi connectivity index (χ4n) is 3.52. The van der Waals surface area contributed by atoms with E-state index in [1.165, 1.54) is 18.6 Å². The van der Waals surface area contributed by atoms with E-state index in [0.29, 0.717) is 16.9 Å². The van der Waals surface area contributed by atoms with Crippen LogP contribution in [0.4, 0.5) is 18.9 Å². The number of rotatable bonds is 3. The van der Waals surface area contributed by atoms with Gasteiger partial charge in [-0.3, -0.25) is 4.79 Å². The number of pyridine rings is 1. The number of carbonyl (C=O) groups excluding carboxylic acids is 1. The lowest BCUT2D eigenvalue weighted by molar-refractivity contribution is -0.178. The number of anilines is 1. The first kappa shape index (κ1) is 20.3. The molecule has 9 heteroatoms. The third kappa shape index (κ3) is 4.88. The number of hydrogen-bond donors (Lipinski definition) is 1. The van der Waals surface area contributed by atoms with Gasteiger partial charge in [-0.2, -0.15) is 13.2 Å². The summed E-state index contributed by atoms with van der Waals surface area (Å²) in [6.45, 7) is 5.84. The van der Waals surface area contributed by atoms with Gasteiger partial charge in [-0.1, -0.05) is 20.8 Å². The van der Waals surface area contributed by atoms with Gasteiger partial charge in [-0.15, -0.1) is 0 Å². The molecule has 0 radical (unpaired) electrons. The second-order valence-corrected chi connectivity index (χ2v) is 8.44. The van der Waals surface area contributed by atoms with Crippen molar-refractivity contribution in [2.75, 3.05) is 18.0 Å². The Labute approximate surface area is 161 Å². The van der Waals surface area contributed by atoms with Gasteiger partial charge in [0.15, 0.2) is 5.65 Å². The Morgan fingerprint density at radius 1 is 1.14 bits per heavy atom. The van der Waals surface area contributed by atoms with Crippen molar-refractivity contribution in [1.82, 2.24) is 20.3 Å². The fraction of sp³-hybridized carbons (Fsp3) is 0.579. The van der Waals surface area contributed by atoms with Crippen molar-refractivity contribution in [3.05, 3.63) is 24.7 Å². The standard InChI is InChI=1S/C19H24F3N5O/c1-18(2,3)9-15(28)26-13-8-12(19(20,21)22)10-27(11-13)14-4-5-24-17-16(14)23-6-7-25-17/h4-7,12-13H,8-11H2,1-3H3,(H,26,28)/t12-,13+/m1/s1. The Morgan fingerprint density at radius 3 is 2.50 bits per heavy atom. The van der Waals surface area contributed by atoms with Crippen LogP contribution in [0.25, 0.3) is 11.2 Å². The minimum atomic E-state index is -4.35. The lowest BCUT2D eigenvalue weighted by Gasteiger charge is -2.40. The van der Waals surface area contributed by atoms with Crippen molar-refractivity contribution < 1.29 is 18.0 Å². The highest BCUT2D eigenvalue weighted by atomic mass is 19.4. The largest absolute Gasteiger partial charge is 0.393 e. The summed E-state index contributed by atoms with van der Waals surface area (Å²) in [5.74, 6) is -1.78. The molecule has 1 aliphatic rings. The van der Waals surface area contributed by atoms with Crippen molar-refractivity contribution >= 4 is 22.8 Å². The summed E-state index contributed by atoms with van der Waals surface area (Å²) in [7, 11) is 0. The molecule has 3 rings (SSSR count). The van der Waals surface area contributed by atoms with Crippen molar-refractivity contribution in [2.45, 2.75) is 45.8 Å². The van der Waals surface area contributed by atoms with Crippen LogP contribution in [0.3, 0.4) is 0 Å². The topological polar surface area (TPSA) is 71.0 Å². The number of fused-ring (bicyclic) bond motifs is 1. The molecule has 0 aliphatic carbocycles. The Bertz CT molecular complexity index is 844. The number of amides is 1. The summed E-state index contributed by atoms with van der Waals surface area (Å²) in [6.07, 6.45) is 0.260. The number of hydrogen-bond acceptors (Lipinski definition) is 5. The van der Waals surface area contributed by atoms with E-state index in [0.717, 1.165) is 0 Å². The highest BCUT2D eigenvalue weighted by Gasteiger charge is 2.45. The van der Waals surface area contributed by atoms with Crippen LogP contribution in [-0.4, -0.2) is 46.2 Å². The normalized spacial score (nSPS) is 21.0. The molecule has 0 aromatic carbocycles. The van der Waals surface area contributed by atoms with Crippen LogP contribution in [0, 0.1) is 11.3 Å². The van der Waals surface area contributed by atoms with Crippen LogP contribution in [-0.2, 0) is 4.79 Å². The van der Waals surface area contributed by atoms with Gasteiger partial charge in [-0.05, 0) is 17.9 Å². The molecule has 3 heterocycles. The van der Waals surface area contributed by atoms with E-state index in [2.05, 4.69) is 20.3 Å². The molecular formula is C19H24F3N5O. The second-order valence-electron chi connectivity index (χ2n) is 8.44. The fourth-order valence-corrected chi connectivity index (χ4v) is 3.52. The number of piperidine rings is 1. The predicted octanol–water partition coefficient (Wildman–Crippen LogP) is 3.33. The van der Waals surface area contributed by atoms with E-state index in [9.17, 15) is 18.0 Å². The van der Waals surface area contributed by atoms with Gasteiger partial charge >= 0.3 is 6.18 Å². The van der Waals surface area contributed by atoms with Crippen molar-refractivity contribution in [2.24, 2.45) is 11.3 Å². The maximum atomic E-state index is 13.5. The minimum absolute atomic E-state index is 0.134. The molecule has 1 fully saturated rings. The molecule has 1 aliphatic heterocycles. The molecule has 0 bridgehead atoms. The summed E-state index contributed by atoms with van der Waals surface area (Å²) in [6, 6.07) is 1.04. The van der Waals surface area contributed by atoms with Crippen LogP contribution >= 0.6 is 0 Å². The van der Waals surface area contributed by atoms with Gasteiger partial charge in [-0.25, -0.2) is 15.0 Å². The first-order valence-electron chi connectivity index (χ1n) is 9.20. The lowest BCUT2D eigenvalue weighted by atomic mass is 9.90. The Morgan fingerprint density at radius 2 is 1.82 bits per heavy atom. The zero-order valence-electron chi connectivity index (χ0n) is 16.1. The Hall–Kier alpha value is -2.45. The molecule has 0 spiro atoms. The average molecular weight is 395 g/mol. The van der Waals surface area contributed by atoms with Gasteiger partial charge in [0.25, 0.3) is 0 Å². The second kappa shape index (κ2) is 7.52. The summed E-state index contributed by atoms with van der Waals surface area (Å²) in [4.78, 5) is 26.4. The summed E-state index contributed by atoms with van der Waals surface area (Å²) in [5.41, 5.74) is 1.14. The molecule has 2 aromatic heterocycles. The zero-order chi connectivity index (χ0) is 20.5. The Kier molecular flexibility index (Phi) is 5.45. The van der Waals surface area contributed by atoms with E-state index in [4.69, 9.17) is 0 Å². The highest BCUT2D eigenvalue weighted by molar-refractivity contribution is 5.85. The maximum absolute atomic E-state index is 13.5. The molecule has 2 atom stereocenters. The molecule has 1 N–H and O–H groups in total. The van der Waals surface area contributed by atoms with E-state index >= 15 is 0 Å². The van der Waals surface area contributed by atoms with Crippen LogP contribution in [0.15, 0.2) is 24.7 Å². The monoisotopic (exact) mass is 395 g/mol. The molecule has 28 heavy (non-hydrogen) atoms. The first-order chi connectivity index (χ1) is 13.0. The number of alkyl halides is 3. The van der Waals surface area contributed by atoms with Crippen molar-refractivity contribution in [1.29, 1.82) is 0 Å². The summed E-state index contributed by atoms with van der Waals surface area (Å²) in [5, 5.41) is 2.79. The molecule has 0 saturated carbocycles. The number of nitrogens with one attached hydrogen (secondary N) is 1. The third-order valence-corrected chi connectivity index (χ3v) is 4.66. The van der Waals surface area contributed by atoms with E-state index in [1.807, 2.05) is 20.8 Å². The number of nitrogens with zero attached hydrogens (tertiary/aromatic N) is 4. The predicted molar refractivity (Wildman–Crippen MR) is 99.7 cm³/mol. The number of carbonyl (C=O) groups is 1. The van der Waals surface area contributed by atoms with Crippen LogP contribution in [0.5, 0.6) is 0 Å². The zero-order valence-corrected chi connectivity index (χ0v) is 16.1. The van der Waals surface area contributed by atoms with Gasteiger partial charge in [0, 0.05) is 44.1 Å². The molecule has 0 unspecified atom stereocenters. The summed E-state index contributed by atoms with van der Waals surface area (Å²) >= 11 is 0. The quantitative estimate of drug-likeness (QED) is 0.863. The van der Waals surface area contributed by atoms with Gasteiger partial charge in [0.05, 0.1) is 11.6 Å². The lowest BCUT2D eigenvalue weighted by Crippen LogP contribution is -2.54. The molecule has 1 amide bonds. The first-order valence-corrected chi connectivity index (χ1v) is 9.20. The van der Waals surface area contributed by atoms with Gasteiger partial charge in [0.2, 0.25) is 5.91 Å². The molecule has 2 aromatic rings. The van der Waals surface area contributed by atoms with E-state index < -0.39 is 18.1 Å². The maximum Gasteiger partial charge on any atom is 0.393 e. The number of halogens is 3. The summed E-state index contributed by atoms with van der Waals surface area (Å²) < 4.78 is 40.6. The van der Waals surface area contributed by atoms with Crippen LogP contribution < -0.4 is 10.2 Å². The minimum Gasteiger partial charge on any atom is -0.367 e.